The van der Waals surface area contributed by atoms with Crippen LogP contribution in [0.2, 0.25) is 0 Å². The van der Waals surface area contributed by atoms with Gasteiger partial charge >= 0.3 is 0 Å². The molecule has 3 heterocycles. The third-order valence-corrected chi connectivity index (χ3v) is 6.64. The highest BCUT2D eigenvalue weighted by Gasteiger charge is 2.21. The fraction of sp³-hybridized carbons (Fsp3) is 0.478. The number of likely N-dealkylation sites (tertiary alicyclic amines) is 1. The molecule has 0 bridgehead atoms. The molecule has 0 saturated carbocycles. The molecule has 0 radical (unpaired) electrons. The van der Waals surface area contributed by atoms with Crippen LogP contribution in [0.25, 0.3) is 0 Å². The second kappa shape index (κ2) is 9.98. The third-order valence-electron chi connectivity index (χ3n) is 5.71. The monoisotopic (exact) mass is 425 g/mol. The number of hydrogen-bond acceptors (Lipinski definition) is 4. The van der Waals surface area contributed by atoms with E-state index >= 15 is 0 Å². The summed E-state index contributed by atoms with van der Waals surface area (Å²) in [6.07, 6.45) is 1.68. The van der Waals surface area contributed by atoms with E-state index in [0.29, 0.717) is 13.0 Å². The van der Waals surface area contributed by atoms with Gasteiger partial charge in [0.15, 0.2) is 5.96 Å². The van der Waals surface area contributed by atoms with Gasteiger partial charge in [-0.25, -0.2) is 4.99 Å². The van der Waals surface area contributed by atoms with Crippen molar-refractivity contribution in [3.8, 4) is 0 Å². The van der Waals surface area contributed by atoms with Crippen LogP contribution in [0.5, 0.6) is 0 Å². The van der Waals surface area contributed by atoms with E-state index in [9.17, 15) is 4.79 Å². The van der Waals surface area contributed by atoms with Crippen molar-refractivity contribution in [3.63, 3.8) is 0 Å². The number of aliphatic imine (C=N–C) groups is 1. The first-order valence-electron chi connectivity index (χ1n) is 10.9. The zero-order valence-corrected chi connectivity index (χ0v) is 18.5. The van der Waals surface area contributed by atoms with Crippen molar-refractivity contribution in [1.29, 1.82) is 0 Å². The molecule has 1 aromatic heterocycles. The van der Waals surface area contributed by atoms with Crippen LogP contribution in [-0.4, -0.2) is 60.9 Å². The Kier molecular flexibility index (Phi) is 6.89. The second-order valence-corrected chi connectivity index (χ2v) is 8.76. The van der Waals surface area contributed by atoms with Crippen LogP contribution in [0.3, 0.4) is 0 Å². The summed E-state index contributed by atoms with van der Waals surface area (Å²) in [5, 5.41) is 6.95. The molecule has 0 atom stereocenters. The van der Waals surface area contributed by atoms with Gasteiger partial charge < -0.3 is 20.0 Å². The third kappa shape index (κ3) is 5.14. The van der Waals surface area contributed by atoms with E-state index in [1.165, 1.54) is 16.1 Å². The van der Waals surface area contributed by atoms with Crippen molar-refractivity contribution >= 4 is 28.2 Å². The molecule has 2 aromatic rings. The maximum Gasteiger partial charge on any atom is 0.222 e. The topological polar surface area (TPSA) is 51.2 Å². The predicted molar refractivity (Wildman–Crippen MR) is 124 cm³/mol. The smallest absolute Gasteiger partial charge is 0.222 e. The average Bonchev–Trinajstić information content (AvgIpc) is 3.45. The van der Waals surface area contributed by atoms with Gasteiger partial charge in [-0.3, -0.25) is 4.79 Å². The molecule has 1 aromatic carbocycles. The molecule has 0 spiro atoms. The summed E-state index contributed by atoms with van der Waals surface area (Å²) in [5.74, 6) is 1.27. The Morgan fingerprint density at radius 1 is 1.07 bits per heavy atom. The molecule has 1 amide bonds. The zero-order valence-electron chi connectivity index (χ0n) is 17.7. The lowest BCUT2D eigenvalue weighted by Gasteiger charge is -2.37. The molecule has 2 aliphatic rings. The Labute approximate surface area is 183 Å². The van der Waals surface area contributed by atoms with Gasteiger partial charge in [-0.1, -0.05) is 24.3 Å². The molecular weight excluding hydrogens is 394 g/mol. The van der Waals surface area contributed by atoms with E-state index in [1.807, 2.05) is 16.2 Å². The Balaban J connectivity index is 1.33. The van der Waals surface area contributed by atoms with Crippen LogP contribution >= 0.6 is 11.3 Å². The molecule has 0 unspecified atom stereocenters. The number of nitrogens with one attached hydrogen (secondary N) is 1. The summed E-state index contributed by atoms with van der Waals surface area (Å²) >= 11 is 1.81. The normalized spacial score (nSPS) is 17.7. The molecule has 160 valence electrons. The number of carbonyl (C=O) groups excluding carboxylic acids is 1. The van der Waals surface area contributed by atoms with Gasteiger partial charge in [0.2, 0.25) is 5.91 Å². The number of rotatable bonds is 6. The number of benzene rings is 1. The van der Waals surface area contributed by atoms with Crippen molar-refractivity contribution in [2.45, 2.75) is 32.9 Å². The van der Waals surface area contributed by atoms with E-state index in [-0.39, 0.29) is 5.91 Å². The van der Waals surface area contributed by atoms with Gasteiger partial charge in [-0.15, -0.1) is 11.3 Å². The summed E-state index contributed by atoms with van der Waals surface area (Å²) in [7, 11) is 0. The summed E-state index contributed by atoms with van der Waals surface area (Å²) in [6, 6.07) is 12.8. The minimum absolute atomic E-state index is 0.276. The van der Waals surface area contributed by atoms with Crippen molar-refractivity contribution in [2.75, 3.05) is 44.2 Å². The molecule has 7 heteroatoms. The largest absolute Gasteiger partial charge is 0.360 e. The first kappa shape index (κ1) is 20.7. The van der Waals surface area contributed by atoms with Gasteiger partial charge in [0.25, 0.3) is 0 Å². The lowest BCUT2D eigenvalue weighted by molar-refractivity contribution is -0.128. The number of guanidine groups is 1. The number of amides is 1. The van der Waals surface area contributed by atoms with Crippen molar-refractivity contribution in [1.82, 2.24) is 15.1 Å². The highest BCUT2D eigenvalue weighted by atomic mass is 32.1. The first-order chi connectivity index (χ1) is 14.7. The maximum atomic E-state index is 11.8. The van der Waals surface area contributed by atoms with E-state index in [2.05, 4.69) is 63.8 Å². The highest BCUT2D eigenvalue weighted by Crippen LogP contribution is 2.22. The molecular formula is C23H31N5OS. The van der Waals surface area contributed by atoms with Crippen molar-refractivity contribution in [2.24, 2.45) is 4.99 Å². The van der Waals surface area contributed by atoms with E-state index in [4.69, 9.17) is 4.99 Å². The molecule has 2 fully saturated rings. The fourth-order valence-corrected chi connectivity index (χ4v) is 4.81. The van der Waals surface area contributed by atoms with Crippen LogP contribution in [0, 0.1) is 0 Å². The molecule has 0 aliphatic carbocycles. The van der Waals surface area contributed by atoms with Crippen LogP contribution in [0.1, 0.15) is 30.9 Å². The van der Waals surface area contributed by atoms with Crippen molar-refractivity contribution < 1.29 is 4.79 Å². The van der Waals surface area contributed by atoms with E-state index in [1.54, 1.807) is 0 Å². The molecule has 2 aliphatic heterocycles. The van der Waals surface area contributed by atoms with Gasteiger partial charge in [0.05, 0.1) is 11.5 Å². The minimum atomic E-state index is 0.276. The van der Waals surface area contributed by atoms with Gasteiger partial charge in [-0.2, -0.15) is 0 Å². The quantitative estimate of drug-likeness (QED) is 0.571. The first-order valence-corrected chi connectivity index (χ1v) is 11.8. The lowest BCUT2D eigenvalue weighted by Crippen LogP contribution is -2.52. The average molecular weight is 426 g/mol. The number of carbonyl (C=O) groups is 1. The van der Waals surface area contributed by atoms with E-state index in [0.717, 1.165) is 58.2 Å². The second-order valence-electron chi connectivity index (χ2n) is 7.83. The Bertz CT molecular complexity index is 841. The van der Waals surface area contributed by atoms with Gasteiger partial charge in [0.1, 0.15) is 0 Å². The molecule has 2 saturated heterocycles. The minimum Gasteiger partial charge on any atom is -0.360 e. The number of thiophene rings is 1. The number of piperazine rings is 1. The van der Waals surface area contributed by atoms with Crippen LogP contribution in [0.4, 0.5) is 5.00 Å². The maximum absolute atomic E-state index is 11.8. The molecule has 4 rings (SSSR count). The summed E-state index contributed by atoms with van der Waals surface area (Å²) in [4.78, 5) is 23.5. The standard InChI is InChI=1S/C23H31N5OS/c1-2-24-23(27-14-12-26(13-15-27)22-6-4-16-30-22)25-17-19-7-9-20(10-8-19)18-28-11-3-5-21(28)29/h4,6-10,16H,2-3,5,11-15,17-18H2,1H3,(H,24,25). The Hall–Kier alpha value is -2.54. The summed E-state index contributed by atoms with van der Waals surface area (Å²) < 4.78 is 0. The predicted octanol–water partition coefficient (Wildman–Crippen LogP) is 3.16. The number of hydrogen-bond donors (Lipinski definition) is 1. The van der Waals surface area contributed by atoms with Crippen LogP contribution in [0.15, 0.2) is 46.8 Å². The highest BCUT2D eigenvalue weighted by molar-refractivity contribution is 7.14. The Morgan fingerprint density at radius 2 is 1.83 bits per heavy atom. The molecule has 1 N–H and O–H groups in total. The lowest BCUT2D eigenvalue weighted by atomic mass is 10.1. The van der Waals surface area contributed by atoms with Crippen LogP contribution in [-0.2, 0) is 17.9 Å². The fourth-order valence-electron chi connectivity index (χ4n) is 4.02. The van der Waals surface area contributed by atoms with Crippen molar-refractivity contribution in [3.05, 3.63) is 52.9 Å². The number of nitrogens with zero attached hydrogens (tertiary/aromatic N) is 4. The molecule has 6 nitrogen and oxygen atoms in total. The van der Waals surface area contributed by atoms with Gasteiger partial charge in [-0.05, 0) is 42.0 Å². The van der Waals surface area contributed by atoms with Crippen LogP contribution < -0.4 is 10.2 Å². The Morgan fingerprint density at radius 3 is 2.47 bits per heavy atom. The summed E-state index contributed by atoms with van der Waals surface area (Å²) in [5.41, 5.74) is 2.38. The number of anilines is 1. The van der Waals surface area contributed by atoms with Gasteiger partial charge in [0, 0.05) is 52.2 Å². The van der Waals surface area contributed by atoms with E-state index < -0.39 is 0 Å². The SMILES string of the molecule is CCNC(=NCc1ccc(CN2CCCC2=O)cc1)N1CCN(c2cccs2)CC1. The molecule has 30 heavy (non-hydrogen) atoms. The zero-order chi connectivity index (χ0) is 20.8. The summed E-state index contributed by atoms with van der Waals surface area (Å²) in [6.45, 7) is 9.26.